The van der Waals surface area contributed by atoms with E-state index in [1.807, 2.05) is 17.9 Å². The van der Waals surface area contributed by atoms with Crippen molar-refractivity contribution >= 4 is 0 Å². The van der Waals surface area contributed by atoms with E-state index in [1.54, 1.807) is 0 Å². The van der Waals surface area contributed by atoms with Crippen molar-refractivity contribution in [3.05, 3.63) is 17.5 Å². The molecule has 1 rings (SSSR count). The van der Waals surface area contributed by atoms with Gasteiger partial charge in [0.1, 0.15) is 0 Å². The first-order valence-corrected chi connectivity index (χ1v) is 5.53. The molecule has 0 saturated heterocycles. The van der Waals surface area contributed by atoms with E-state index in [0.29, 0.717) is 6.04 Å². The van der Waals surface area contributed by atoms with Crippen LogP contribution in [0.5, 0.6) is 0 Å². The van der Waals surface area contributed by atoms with Crippen LogP contribution in [0.3, 0.4) is 0 Å². The number of hydrogen-bond donors (Lipinski definition) is 2. The molecule has 1 heterocycles. The van der Waals surface area contributed by atoms with E-state index in [9.17, 15) is 0 Å². The second-order valence-electron chi connectivity index (χ2n) is 4.16. The number of hydrogen-bond acceptors (Lipinski definition) is 3. The van der Waals surface area contributed by atoms with Crippen molar-refractivity contribution in [1.82, 2.24) is 20.4 Å². The molecule has 0 unspecified atom stereocenters. The molecule has 0 radical (unpaired) electrons. The van der Waals surface area contributed by atoms with Crippen LogP contribution in [-0.2, 0) is 13.6 Å². The van der Waals surface area contributed by atoms with Gasteiger partial charge in [0, 0.05) is 44.0 Å². The van der Waals surface area contributed by atoms with Gasteiger partial charge in [-0.2, -0.15) is 5.10 Å². The summed E-state index contributed by atoms with van der Waals surface area (Å²) in [6, 6.07) is 0.562. The zero-order valence-corrected chi connectivity index (χ0v) is 10.2. The summed E-state index contributed by atoms with van der Waals surface area (Å²) in [6.07, 6.45) is 1.93. The van der Waals surface area contributed by atoms with Crippen LogP contribution in [0.4, 0.5) is 0 Å². The first kappa shape index (κ1) is 12.2. The maximum atomic E-state index is 4.20. The highest BCUT2D eigenvalue weighted by Gasteiger charge is 2.01. The number of nitrogens with zero attached hydrogens (tertiary/aromatic N) is 2. The Labute approximate surface area is 92.1 Å². The van der Waals surface area contributed by atoms with E-state index in [-0.39, 0.29) is 0 Å². The third-order valence-electron chi connectivity index (χ3n) is 2.51. The van der Waals surface area contributed by atoms with Crippen molar-refractivity contribution in [3.8, 4) is 0 Å². The summed E-state index contributed by atoms with van der Waals surface area (Å²) in [5.74, 6) is 0. The van der Waals surface area contributed by atoms with Crippen molar-refractivity contribution in [2.24, 2.45) is 7.05 Å². The van der Waals surface area contributed by atoms with E-state index in [0.717, 1.165) is 19.6 Å². The quantitative estimate of drug-likeness (QED) is 0.683. The summed E-state index contributed by atoms with van der Waals surface area (Å²) in [5, 5.41) is 11.0. The molecular weight excluding hydrogens is 188 g/mol. The molecule has 86 valence electrons. The minimum Gasteiger partial charge on any atom is -0.313 e. The van der Waals surface area contributed by atoms with E-state index in [4.69, 9.17) is 0 Å². The molecule has 4 heteroatoms. The highest BCUT2D eigenvalue weighted by atomic mass is 15.3. The Morgan fingerprint density at radius 2 is 2.13 bits per heavy atom. The van der Waals surface area contributed by atoms with Crippen LogP contribution >= 0.6 is 0 Å². The average Bonchev–Trinajstić information content (AvgIpc) is 2.48. The van der Waals surface area contributed by atoms with Crippen molar-refractivity contribution in [1.29, 1.82) is 0 Å². The molecule has 0 amide bonds. The van der Waals surface area contributed by atoms with Crippen molar-refractivity contribution in [3.63, 3.8) is 0 Å². The molecule has 1 aromatic rings. The predicted octanol–water partition coefficient (Wildman–Crippen LogP) is 0.816. The van der Waals surface area contributed by atoms with Gasteiger partial charge in [0.05, 0.1) is 6.20 Å². The van der Waals surface area contributed by atoms with Crippen molar-refractivity contribution < 1.29 is 0 Å². The standard InChI is InChI=1S/C11H22N4/c1-9(2)13-6-5-12-7-11-8-14-15(4)10(11)3/h8-9,12-13H,5-7H2,1-4H3. The number of rotatable bonds is 6. The van der Waals surface area contributed by atoms with Gasteiger partial charge in [-0.25, -0.2) is 0 Å². The van der Waals surface area contributed by atoms with Crippen molar-refractivity contribution in [2.75, 3.05) is 13.1 Å². The van der Waals surface area contributed by atoms with E-state index < -0.39 is 0 Å². The topological polar surface area (TPSA) is 41.9 Å². The van der Waals surface area contributed by atoms with Gasteiger partial charge in [0.2, 0.25) is 0 Å². The van der Waals surface area contributed by atoms with Crippen LogP contribution in [0.1, 0.15) is 25.1 Å². The second-order valence-corrected chi connectivity index (χ2v) is 4.16. The summed E-state index contributed by atoms with van der Waals surface area (Å²) < 4.78 is 1.91. The van der Waals surface area contributed by atoms with Crippen LogP contribution < -0.4 is 10.6 Å². The normalized spacial score (nSPS) is 11.3. The van der Waals surface area contributed by atoms with Crippen LogP contribution in [0, 0.1) is 6.92 Å². The van der Waals surface area contributed by atoms with Gasteiger partial charge in [-0.15, -0.1) is 0 Å². The van der Waals surface area contributed by atoms with E-state index in [2.05, 4.69) is 36.5 Å². The highest BCUT2D eigenvalue weighted by Crippen LogP contribution is 2.03. The summed E-state index contributed by atoms with van der Waals surface area (Å²) in [4.78, 5) is 0. The molecular formula is C11H22N4. The molecule has 0 aliphatic heterocycles. The fraction of sp³-hybridized carbons (Fsp3) is 0.727. The summed E-state index contributed by atoms with van der Waals surface area (Å²) in [6.45, 7) is 9.32. The summed E-state index contributed by atoms with van der Waals surface area (Å²) in [7, 11) is 1.97. The highest BCUT2D eigenvalue weighted by molar-refractivity contribution is 5.15. The van der Waals surface area contributed by atoms with E-state index >= 15 is 0 Å². The molecule has 2 N–H and O–H groups in total. The number of nitrogens with one attached hydrogen (secondary N) is 2. The van der Waals surface area contributed by atoms with Gasteiger partial charge in [-0.1, -0.05) is 13.8 Å². The Balaban J connectivity index is 2.18. The van der Waals surface area contributed by atoms with Gasteiger partial charge in [0.25, 0.3) is 0 Å². The lowest BCUT2D eigenvalue weighted by Crippen LogP contribution is -2.31. The largest absolute Gasteiger partial charge is 0.313 e. The SMILES string of the molecule is Cc1c(CNCCNC(C)C)cnn1C. The van der Waals surface area contributed by atoms with Crippen LogP contribution in [-0.4, -0.2) is 28.9 Å². The Kier molecular flexibility index (Phi) is 4.78. The lowest BCUT2D eigenvalue weighted by Gasteiger charge is -2.08. The van der Waals surface area contributed by atoms with Crippen LogP contribution in [0.15, 0.2) is 6.20 Å². The molecule has 0 aliphatic rings. The van der Waals surface area contributed by atoms with Gasteiger partial charge >= 0.3 is 0 Å². The predicted molar refractivity (Wildman–Crippen MR) is 62.8 cm³/mol. The maximum absolute atomic E-state index is 4.20. The van der Waals surface area contributed by atoms with E-state index in [1.165, 1.54) is 11.3 Å². The molecule has 15 heavy (non-hydrogen) atoms. The molecule has 0 spiro atoms. The zero-order chi connectivity index (χ0) is 11.3. The van der Waals surface area contributed by atoms with Gasteiger partial charge < -0.3 is 10.6 Å². The third kappa shape index (κ3) is 4.01. The molecule has 0 fully saturated rings. The van der Waals surface area contributed by atoms with Gasteiger partial charge in [-0.3, -0.25) is 4.68 Å². The molecule has 0 aliphatic carbocycles. The number of aryl methyl sites for hydroxylation is 1. The Morgan fingerprint density at radius 1 is 1.40 bits per heavy atom. The van der Waals surface area contributed by atoms with Crippen LogP contribution in [0.25, 0.3) is 0 Å². The molecule has 4 nitrogen and oxygen atoms in total. The molecule has 0 bridgehead atoms. The Bertz CT molecular complexity index is 291. The monoisotopic (exact) mass is 210 g/mol. The minimum absolute atomic E-state index is 0.562. The molecule has 1 aromatic heterocycles. The number of aromatic nitrogens is 2. The van der Waals surface area contributed by atoms with Gasteiger partial charge in [0.15, 0.2) is 0 Å². The fourth-order valence-corrected chi connectivity index (χ4v) is 1.39. The Hall–Kier alpha value is -0.870. The molecule has 0 atom stereocenters. The first-order valence-electron chi connectivity index (χ1n) is 5.53. The summed E-state index contributed by atoms with van der Waals surface area (Å²) in [5.41, 5.74) is 2.52. The lowest BCUT2D eigenvalue weighted by atomic mass is 10.2. The fourth-order valence-electron chi connectivity index (χ4n) is 1.39. The van der Waals surface area contributed by atoms with Gasteiger partial charge in [-0.05, 0) is 6.92 Å². The lowest BCUT2D eigenvalue weighted by molar-refractivity contribution is 0.555. The molecule has 0 aromatic carbocycles. The Morgan fingerprint density at radius 3 is 2.67 bits per heavy atom. The average molecular weight is 210 g/mol. The molecule has 0 saturated carbocycles. The maximum Gasteiger partial charge on any atom is 0.0537 e. The first-order chi connectivity index (χ1) is 7.11. The summed E-state index contributed by atoms with van der Waals surface area (Å²) >= 11 is 0. The van der Waals surface area contributed by atoms with Crippen molar-refractivity contribution in [2.45, 2.75) is 33.4 Å². The second kappa shape index (κ2) is 5.88. The minimum atomic E-state index is 0.562. The van der Waals surface area contributed by atoms with Crippen LogP contribution in [0.2, 0.25) is 0 Å². The smallest absolute Gasteiger partial charge is 0.0537 e. The third-order valence-corrected chi connectivity index (χ3v) is 2.51. The zero-order valence-electron chi connectivity index (χ0n) is 10.2.